The highest BCUT2D eigenvalue weighted by Crippen LogP contribution is 2.42. The van der Waals surface area contributed by atoms with Gasteiger partial charge in [-0.3, -0.25) is 4.52 Å². The van der Waals surface area contributed by atoms with Crippen LogP contribution in [-0.2, 0) is 13.8 Å². The fourth-order valence-electron chi connectivity index (χ4n) is 2.06. The fraction of sp³-hybridized carbons (Fsp3) is 0.556. The second kappa shape index (κ2) is 6.30. The van der Waals surface area contributed by atoms with Crippen molar-refractivity contribution in [1.82, 2.24) is 9.97 Å². The Hall–Kier alpha value is -1.53. The Bertz CT molecular complexity index is 561. The minimum Gasteiger partial charge on any atom is -0.465 e. The fourth-order valence-corrected chi connectivity index (χ4v) is 2.60. The van der Waals surface area contributed by atoms with Crippen LogP contribution in [0.5, 0.6) is 0 Å². The second-order valence-corrected chi connectivity index (χ2v) is 5.56. The van der Waals surface area contributed by atoms with Crippen LogP contribution < -0.4 is 4.90 Å². The summed E-state index contributed by atoms with van der Waals surface area (Å²) in [5.74, 6) is -0.206. The number of amides is 1. The molecule has 12 nitrogen and oxygen atoms in total. The van der Waals surface area contributed by atoms with Crippen molar-refractivity contribution in [2.75, 3.05) is 11.5 Å². The number of aromatic nitrogens is 2. The zero-order valence-corrected chi connectivity index (χ0v) is 11.8. The van der Waals surface area contributed by atoms with Gasteiger partial charge in [0.05, 0.1) is 6.61 Å². The molecular weight excluding hydrogens is 325 g/mol. The Labute approximate surface area is 123 Å². The molecule has 2 heterocycles. The highest BCUT2D eigenvalue weighted by Gasteiger charge is 2.51. The van der Waals surface area contributed by atoms with Crippen molar-refractivity contribution < 1.29 is 43.7 Å². The number of anilines is 1. The lowest BCUT2D eigenvalue weighted by Crippen LogP contribution is -2.48. The Morgan fingerprint density at radius 1 is 1.55 bits per heavy atom. The zero-order valence-electron chi connectivity index (χ0n) is 10.9. The smallest absolute Gasteiger partial charge is 0.465 e. The molecule has 0 spiro atoms. The quantitative estimate of drug-likeness (QED) is 0.343. The van der Waals surface area contributed by atoms with Crippen LogP contribution in [0.15, 0.2) is 12.4 Å². The average molecular weight is 339 g/mol. The highest BCUT2D eigenvalue weighted by atomic mass is 31.2. The van der Waals surface area contributed by atoms with Crippen LogP contribution in [0.25, 0.3) is 0 Å². The molecule has 1 unspecified atom stereocenters. The number of nitrogens with one attached hydrogen (secondary N) is 1. The van der Waals surface area contributed by atoms with Gasteiger partial charge < -0.3 is 34.8 Å². The third-order valence-electron chi connectivity index (χ3n) is 2.92. The molecule has 0 aromatic carbocycles. The topological polar surface area (TPSA) is 186 Å². The summed E-state index contributed by atoms with van der Waals surface area (Å²) in [6.45, 7) is -0.704. The first-order valence-electron chi connectivity index (χ1n) is 5.94. The monoisotopic (exact) mass is 339 g/mol. The highest BCUT2D eigenvalue weighted by molar-refractivity contribution is 7.46. The number of H-pyrrole nitrogens is 1. The number of carboxylic acid groups (broad SMARTS) is 1. The number of nitrogens with zero attached hydrogens (tertiary/aromatic N) is 2. The van der Waals surface area contributed by atoms with E-state index >= 15 is 0 Å². The maximum atomic E-state index is 11.4. The van der Waals surface area contributed by atoms with Gasteiger partial charge in [-0.05, 0) is 0 Å². The molecule has 2 rings (SSSR count). The summed E-state index contributed by atoms with van der Waals surface area (Å²) in [5, 5.41) is 28.3. The van der Waals surface area contributed by atoms with Crippen LogP contribution in [-0.4, -0.2) is 72.3 Å². The molecule has 13 heteroatoms. The van der Waals surface area contributed by atoms with E-state index in [1.54, 1.807) is 0 Å². The van der Waals surface area contributed by atoms with Crippen LogP contribution in [0.1, 0.15) is 0 Å². The number of carbonyl (C=O) groups is 1. The summed E-state index contributed by atoms with van der Waals surface area (Å²) in [4.78, 5) is 35.9. The summed E-state index contributed by atoms with van der Waals surface area (Å²) in [6, 6.07) is 0. The molecule has 1 aliphatic rings. The van der Waals surface area contributed by atoms with Crippen molar-refractivity contribution in [2.24, 2.45) is 0 Å². The first-order valence-corrected chi connectivity index (χ1v) is 7.47. The van der Waals surface area contributed by atoms with E-state index in [2.05, 4.69) is 14.5 Å². The number of aromatic amines is 1. The molecule has 1 saturated heterocycles. The predicted molar refractivity (Wildman–Crippen MR) is 67.8 cm³/mol. The van der Waals surface area contributed by atoms with Crippen LogP contribution >= 0.6 is 7.82 Å². The molecule has 0 aliphatic carbocycles. The van der Waals surface area contributed by atoms with Gasteiger partial charge in [0, 0.05) is 12.4 Å². The Balaban J connectivity index is 2.35. The van der Waals surface area contributed by atoms with E-state index in [4.69, 9.17) is 19.6 Å². The summed E-state index contributed by atoms with van der Waals surface area (Å²) < 4.78 is 20.6. The van der Waals surface area contributed by atoms with Gasteiger partial charge in [-0.1, -0.05) is 0 Å². The van der Waals surface area contributed by atoms with E-state index in [1.165, 1.54) is 12.4 Å². The lowest BCUT2D eigenvalue weighted by atomic mass is 10.1. The number of ether oxygens (including phenoxy) is 1. The summed E-state index contributed by atoms with van der Waals surface area (Å²) >= 11 is 0. The van der Waals surface area contributed by atoms with E-state index in [0.717, 1.165) is 0 Å². The number of imidazole rings is 1. The number of phosphoric acid groups is 1. The standard InChI is InChI=1S/C9H14N3O9P/c13-3-4-5(14)6(21-22(17,18)19)7(20-4)12(9(15)16)8-10-1-2-11-8/h1-2,4-7,13-14H,3H2,(H,10,11)(H,15,16)(H2,17,18,19)/t4-,5-,6-,7?/m1/s1. The van der Waals surface area contributed by atoms with Gasteiger partial charge in [-0.2, -0.15) is 0 Å². The van der Waals surface area contributed by atoms with Crippen molar-refractivity contribution in [1.29, 1.82) is 0 Å². The lowest BCUT2D eigenvalue weighted by Gasteiger charge is -2.28. The molecule has 124 valence electrons. The van der Waals surface area contributed by atoms with Crippen molar-refractivity contribution >= 4 is 19.9 Å². The third-order valence-corrected chi connectivity index (χ3v) is 3.44. The van der Waals surface area contributed by atoms with Crippen molar-refractivity contribution in [3.8, 4) is 0 Å². The van der Waals surface area contributed by atoms with E-state index in [-0.39, 0.29) is 5.95 Å². The molecular formula is C9H14N3O9P. The minimum atomic E-state index is -5.05. The molecule has 1 aromatic heterocycles. The Morgan fingerprint density at radius 3 is 2.68 bits per heavy atom. The summed E-state index contributed by atoms with van der Waals surface area (Å²) in [6.07, 6.45) is -5.27. The molecule has 1 amide bonds. The van der Waals surface area contributed by atoms with Crippen LogP contribution in [0.3, 0.4) is 0 Å². The normalized spacial score (nSPS) is 28.7. The van der Waals surface area contributed by atoms with Crippen molar-refractivity contribution in [3.63, 3.8) is 0 Å². The summed E-state index contributed by atoms with van der Waals surface area (Å²) in [5.41, 5.74) is 0. The lowest BCUT2D eigenvalue weighted by molar-refractivity contribution is -0.0218. The molecule has 4 atom stereocenters. The molecule has 1 aliphatic heterocycles. The van der Waals surface area contributed by atoms with Gasteiger partial charge in [0.1, 0.15) is 18.3 Å². The number of aliphatic hydroxyl groups is 2. The van der Waals surface area contributed by atoms with Gasteiger partial charge in [0.15, 0.2) is 6.23 Å². The molecule has 0 saturated carbocycles. The SMILES string of the molecule is O=C(O)N(c1ncc[nH]1)C1O[C@H](CO)[C@@H](O)[C@H]1OP(=O)(O)O. The van der Waals surface area contributed by atoms with Crippen LogP contribution in [0.4, 0.5) is 10.7 Å². The van der Waals surface area contributed by atoms with Gasteiger partial charge in [-0.25, -0.2) is 19.2 Å². The molecule has 0 radical (unpaired) electrons. The average Bonchev–Trinajstić information content (AvgIpc) is 3.00. The van der Waals surface area contributed by atoms with Crippen molar-refractivity contribution in [3.05, 3.63) is 12.4 Å². The Morgan fingerprint density at radius 2 is 2.23 bits per heavy atom. The van der Waals surface area contributed by atoms with E-state index in [0.29, 0.717) is 4.90 Å². The maximum Gasteiger partial charge on any atom is 0.470 e. The van der Waals surface area contributed by atoms with Crippen LogP contribution in [0.2, 0.25) is 0 Å². The van der Waals surface area contributed by atoms with Crippen LogP contribution in [0, 0.1) is 0 Å². The maximum absolute atomic E-state index is 11.4. The minimum absolute atomic E-state index is 0.206. The molecule has 1 fully saturated rings. The molecule has 1 aromatic rings. The van der Waals surface area contributed by atoms with Gasteiger partial charge in [0.25, 0.3) is 0 Å². The van der Waals surface area contributed by atoms with Gasteiger partial charge >= 0.3 is 13.9 Å². The van der Waals surface area contributed by atoms with E-state index < -0.39 is 45.1 Å². The number of aliphatic hydroxyl groups excluding tert-OH is 2. The number of phosphoric ester groups is 1. The predicted octanol–water partition coefficient (Wildman–Crippen LogP) is -1.55. The largest absolute Gasteiger partial charge is 0.470 e. The molecule has 6 N–H and O–H groups in total. The van der Waals surface area contributed by atoms with Crippen molar-refractivity contribution in [2.45, 2.75) is 24.5 Å². The van der Waals surface area contributed by atoms with E-state index in [1.807, 2.05) is 0 Å². The van der Waals surface area contributed by atoms with Gasteiger partial charge in [-0.15, -0.1) is 0 Å². The number of hydrogen-bond donors (Lipinski definition) is 6. The Kier molecular flexibility index (Phi) is 4.82. The third kappa shape index (κ3) is 3.44. The van der Waals surface area contributed by atoms with E-state index in [9.17, 15) is 19.6 Å². The molecule has 0 bridgehead atoms. The summed E-state index contributed by atoms with van der Waals surface area (Å²) in [7, 11) is -5.05. The van der Waals surface area contributed by atoms with Gasteiger partial charge in [0.2, 0.25) is 5.95 Å². The second-order valence-electron chi connectivity index (χ2n) is 4.36. The molecule has 22 heavy (non-hydrogen) atoms. The number of rotatable bonds is 5. The zero-order chi connectivity index (χ0) is 16.5. The first kappa shape index (κ1) is 16.8. The number of hydrogen-bond acceptors (Lipinski definition) is 7. The first-order chi connectivity index (χ1) is 10.2.